The molecule has 3 N–H and O–H groups in total. The number of hydrogen-bond donors (Lipinski definition) is 2. The van der Waals surface area contributed by atoms with Crippen molar-refractivity contribution in [2.45, 2.75) is 39.4 Å². The summed E-state index contributed by atoms with van der Waals surface area (Å²) in [6.07, 6.45) is 6.59. The van der Waals surface area contributed by atoms with Crippen molar-refractivity contribution in [1.82, 2.24) is 14.9 Å². The molecular weight excluding hydrogens is 389 g/mol. The zero-order valence-corrected chi connectivity index (χ0v) is 15.4. The van der Waals surface area contributed by atoms with Crippen molar-refractivity contribution < 1.29 is 0 Å². The first-order valence-corrected chi connectivity index (χ1v) is 7.27. The summed E-state index contributed by atoms with van der Waals surface area (Å²) in [6.45, 7) is 5.64. The highest BCUT2D eigenvalue weighted by Crippen LogP contribution is 2.07. The van der Waals surface area contributed by atoms with E-state index in [0.717, 1.165) is 18.5 Å². The number of benzene rings is 1. The lowest BCUT2D eigenvalue weighted by molar-refractivity contribution is 0.636. The Morgan fingerprint density at radius 2 is 2.00 bits per heavy atom. The predicted octanol–water partition coefficient (Wildman–Crippen LogP) is 2.75. The molecule has 2 aromatic rings. The molecule has 0 aliphatic heterocycles. The standard InChI is InChI=1S/C16H23N5.HI/c1-3-13(2)20-16(17)19-10-14-4-6-15(7-5-14)11-21-9-8-18-12-21;/h4-9,12-13H,3,10-11H2,1-2H3,(H3,17,19,20);1H. The lowest BCUT2D eigenvalue weighted by atomic mass is 10.1. The van der Waals surface area contributed by atoms with E-state index < -0.39 is 0 Å². The van der Waals surface area contributed by atoms with Crippen LogP contribution in [-0.2, 0) is 13.1 Å². The monoisotopic (exact) mass is 413 g/mol. The highest BCUT2D eigenvalue weighted by molar-refractivity contribution is 14.0. The van der Waals surface area contributed by atoms with Crippen LogP contribution in [-0.4, -0.2) is 21.6 Å². The van der Waals surface area contributed by atoms with Crippen LogP contribution in [0.2, 0.25) is 0 Å². The SMILES string of the molecule is CCC(C)NC(N)=NCc1ccc(Cn2ccnc2)cc1.I. The Labute approximate surface area is 149 Å². The number of imidazole rings is 1. The number of aromatic nitrogens is 2. The van der Waals surface area contributed by atoms with E-state index in [-0.39, 0.29) is 24.0 Å². The Kier molecular flexibility index (Phi) is 7.94. The molecule has 0 spiro atoms. The molecule has 0 bridgehead atoms. The Morgan fingerprint density at radius 1 is 1.32 bits per heavy atom. The quantitative estimate of drug-likeness (QED) is 0.435. The molecule has 0 amide bonds. The molecule has 1 aromatic carbocycles. The number of halogens is 1. The molecule has 0 radical (unpaired) electrons. The second kappa shape index (κ2) is 9.45. The summed E-state index contributed by atoms with van der Waals surface area (Å²) in [4.78, 5) is 8.40. The highest BCUT2D eigenvalue weighted by atomic mass is 127. The zero-order chi connectivity index (χ0) is 15.1. The molecule has 6 heteroatoms. The molecule has 0 aliphatic carbocycles. The van der Waals surface area contributed by atoms with Gasteiger partial charge in [-0.15, -0.1) is 24.0 Å². The average molecular weight is 413 g/mol. The lowest BCUT2D eigenvalue weighted by Crippen LogP contribution is -2.38. The molecule has 0 saturated carbocycles. The third-order valence-corrected chi connectivity index (χ3v) is 3.39. The smallest absolute Gasteiger partial charge is 0.189 e. The molecule has 2 rings (SSSR count). The van der Waals surface area contributed by atoms with Crippen molar-refractivity contribution in [2.24, 2.45) is 10.7 Å². The maximum absolute atomic E-state index is 5.85. The van der Waals surface area contributed by atoms with E-state index >= 15 is 0 Å². The van der Waals surface area contributed by atoms with Gasteiger partial charge in [0, 0.05) is 25.0 Å². The van der Waals surface area contributed by atoms with Gasteiger partial charge in [-0.1, -0.05) is 31.2 Å². The minimum Gasteiger partial charge on any atom is -0.370 e. The predicted molar refractivity (Wildman–Crippen MR) is 101 cm³/mol. The van der Waals surface area contributed by atoms with Gasteiger partial charge in [0.1, 0.15) is 0 Å². The Hall–Kier alpha value is -1.57. The van der Waals surface area contributed by atoms with E-state index in [9.17, 15) is 0 Å². The highest BCUT2D eigenvalue weighted by Gasteiger charge is 1.99. The van der Waals surface area contributed by atoms with Crippen molar-refractivity contribution in [2.75, 3.05) is 0 Å². The zero-order valence-electron chi connectivity index (χ0n) is 13.1. The summed E-state index contributed by atoms with van der Waals surface area (Å²) >= 11 is 0. The lowest BCUT2D eigenvalue weighted by Gasteiger charge is -2.11. The van der Waals surface area contributed by atoms with Crippen LogP contribution in [0, 0.1) is 0 Å². The summed E-state index contributed by atoms with van der Waals surface area (Å²) in [5.74, 6) is 0.506. The summed E-state index contributed by atoms with van der Waals surface area (Å²) < 4.78 is 2.04. The Bertz CT molecular complexity index is 563. The first kappa shape index (κ1) is 18.5. The second-order valence-electron chi connectivity index (χ2n) is 5.21. The number of aliphatic imine (C=N–C) groups is 1. The molecule has 0 aliphatic rings. The van der Waals surface area contributed by atoms with Gasteiger partial charge in [-0.25, -0.2) is 9.98 Å². The maximum Gasteiger partial charge on any atom is 0.189 e. The third kappa shape index (κ3) is 6.05. The van der Waals surface area contributed by atoms with Crippen molar-refractivity contribution in [3.63, 3.8) is 0 Å². The van der Waals surface area contributed by atoms with Gasteiger partial charge in [0.2, 0.25) is 0 Å². The molecule has 0 saturated heterocycles. The van der Waals surface area contributed by atoms with Crippen LogP contribution in [0.5, 0.6) is 0 Å². The number of nitrogens with two attached hydrogens (primary N) is 1. The van der Waals surface area contributed by atoms with E-state index in [1.165, 1.54) is 5.56 Å². The van der Waals surface area contributed by atoms with Crippen LogP contribution < -0.4 is 11.1 Å². The fraction of sp³-hybridized carbons (Fsp3) is 0.375. The van der Waals surface area contributed by atoms with Gasteiger partial charge in [0.25, 0.3) is 0 Å². The molecule has 1 atom stereocenters. The van der Waals surface area contributed by atoms with Gasteiger partial charge < -0.3 is 15.6 Å². The summed E-state index contributed by atoms with van der Waals surface area (Å²) in [7, 11) is 0. The number of nitrogens with zero attached hydrogens (tertiary/aromatic N) is 3. The van der Waals surface area contributed by atoms with Gasteiger partial charge in [-0.05, 0) is 24.5 Å². The Balaban J connectivity index is 0.00000242. The van der Waals surface area contributed by atoms with Gasteiger partial charge >= 0.3 is 0 Å². The van der Waals surface area contributed by atoms with E-state index in [2.05, 4.69) is 53.4 Å². The van der Waals surface area contributed by atoms with Crippen LogP contribution in [0.4, 0.5) is 0 Å². The fourth-order valence-corrected chi connectivity index (χ4v) is 1.92. The van der Waals surface area contributed by atoms with Crippen LogP contribution in [0.15, 0.2) is 48.0 Å². The largest absolute Gasteiger partial charge is 0.370 e. The van der Waals surface area contributed by atoms with Crippen molar-refractivity contribution in [3.05, 3.63) is 54.1 Å². The van der Waals surface area contributed by atoms with E-state index in [4.69, 9.17) is 5.73 Å². The van der Waals surface area contributed by atoms with Crippen LogP contribution in [0.3, 0.4) is 0 Å². The molecule has 5 nitrogen and oxygen atoms in total. The minimum absolute atomic E-state index is 0. The molecule has 1 heterocycles. The van der Waals surface area contributed by atoms with Crippen LogP contribution >= 0.6 is 24.0 Å². The molecule has 120 valence electrons. The van der Waals surface area contributed by atoms with Gasteiger partial charge in [0.05, 0.1) is 12.9 Å². The van der Waals surface area contributed by atoms with Gasteiger partial charge in [-0.3, -0.25) is 0 Å². The molecule has 1 unspecified atom stereocenters. The minimum atomic E-state index is 0. The second-order valence-corrected chi connectivity index (χ2v) is 5.21. The normalized spacial score (nSPS) is 12.5. The number of nitrogens with one attached hydrogen (secondary N) is 1. The fourth-order valence-electron chi connectivity index (χ4n) is 1.92. The molecular formula is C16H24IN5. The topological polar surface area (TPSA) is 68.2 Å². The van der Waals surface area contributed by atoms with Crippen molar-refractivity contribution >= 4 is 29.9 Å². The van der Waals surface area contributed by atoms with E-state index in [1.807, 2.05) is 17.1 Å². The van der Waals surface area contributed by atoms with Gasteiger partial charge in [0.15, 0.2) is 5.96 Å². The molecule has 1 aromatic heterocycles. The maximum atomic E-state index is 5.85. The van der Waals surface area contributed by atoms with Crippen LogP contribution in [0.1, 0.15) is 31.4 Å². The molecule has 0 fully saturated rings. The number of rotatable bonds is 6. The first-order chi connectivity index (χ1) is 10.2. The average Bonchev–Trinajstić information content (AvgIpc) is 2.99. The third-order valence-electron chi connectivity index (χ3n) is 3.39. The number of guanidine groups is 1. The van der Waals surface area contributed by atoms with Crippen LogP contribution in [0.25, 0.3) is 0 Å². The van der Waals surface area contributed by atoms with Gasteiger partial charge in [-0.2, -0.15) is 0 Å². The van der Waals surface area contributed by atoms with Crippen molar-refractivity contribution in [3.8, 4) is 0 Å². The van der Waals surface area contributed by atoms with Crippen molar-refractivity contribution in [1.29, 1.82) is 0 Å². The van der Waals surface area contributed by atoms with E-state index in [1.54, 1.807) is 6.20 Å². The Morgan fingerprint density at radius 3 is 2.59 bits per heavy atom. The number of hydrogen-bond acceptors (Lipinski definition) is 2. The van der Waals surface area contributed by atoms with E-state index in [0.29, 0.717) is 18.5 Å². The summed E-state index contributed by atoms with van der Waals surface area (Å²) in [6, 6.07) is 8.76. The first-order valence-electron chi connectivity index (χ1n) is 7.27. The summed E-state index contributed by atoms with van der Waals surface area (Å²) in [5, 5.41) is 3.16. The summed E-state index contributed by atoms with van der Waals surface area (Å²) in [5.41, 5.74) is 8.24. The molecule has 22 heavy (non-hydrogen) atoms.